The lowest BCUT2D eigenvalue weighted by atomic mass is 9.71. The number of hydrogen-bond donors (Lipinski definition) is 1. The van der Waals surface area contributed by atoms with Gasteiger partial charge in [-0.15, -0.1) is 0 Å². The van der Waals surface area contributed by atoms with E-state index in [1.54, 1.807) is 0 Å². The fourth-order valence-electron chi connectivity index (χ4n) is 3.68. The molecule has 0 heterocycles. The van der Waals surface area contributed by atoms with E-state index < -0.39 is 0 Å². The van der Waals surface area contributed by atoms with Crippen molar-refractivity contribution >= 4 is 11.8 Å². The van der Waals surface area contributed by atoms with Gasteiger partial charge in [0, 0.05) is 6.04 Å². The first kappa shape index (κ1) is 13.7. The molecule has 0 amide bonds. The first-order valence-corrected chi connectivity index (χ1v) is 8.81. The lowest BCUT2D eigenvalue weighted by molar-refractivity contribution is 0.169. The summed E-state index contributed by atoms with van der Waals surface area (Å²) >= 11 is 2.07. The molecule has 1 nitrogen and oxygen atoms in total. The molecule has 1 spiro atoms. The Morgan fingerprint density at radius 1 is 1.12 bits per heavy atom. The molecule has 0 aromatic rings. The Hall–Kier alpha value is 0.310. The van der Waals surface area contributed by atoms with Gasteiger partial charge in [-0.1, -0.05) is 19.8 Å². The quantitative estimate of drug-likeness (QED) is 0.713. The Morgan fingerprint density at radius 2 is 1.82 bits per heavy atom. The van der Waals surface area contributed by atoms with E-state index in [-0.39, 0.29) is 0 Å². The third kappa shape index (κ3) is 4.17. The van der Waals surface area contributed by atoms with E-state index in [1.165, 1.54) is 75.8 Å². The standard InChI is InChI=1S/C15H29NS/c1-2-17-13-5-12-16-14-6-10-15(11-7-14)8-3-4-9-15/h14,16H,2-13H2,1H3. The molecule has 0 unspecified atom stereocenters. The average molecular weight is 255 g/mol. The smallest absolute Gasteiger partial charge is 0.00674 e. The van der Waals surface area contributed by atoms with Crippen LogP contribution in [0.15, 0.2) is 0 Å². The van der Waals surface area contributed by atoms with Crippen LogP contribution in [0.4, 0.5) is 0 Å². The molecule has 100 valence electrons. The molecule has 0 aromatic heterocycles. The molecule has 17 heavy (non-hydrogen) atoms. The highest BCUT2D eigenvalue weighted by atomic mass is 32.2. The summed E-state index contributed by atoms with van der Waals surface area (Å²) < 4.78 is 0. The molecule has 0 aromatic carbocycles. The van der Waals surface area contributed by atoms with Crippen LogP contribution in [-0.2, 0) is 0 Å². The molecule has 0 atom stereocenters. The summed E-state index contributed by atoms with van der Waals surface area (Å²) in [6, 6.07) is 0.841. The largest absolute Gasteiger partial charge is 0.314 e. The van der Waals surface area contributed by atoms with Gasteiger partial charge in [0.05, 0.1) is 0 Å². The second-order valence-corrected chi connectivity index (χ2v) is 7.38. The molecule has 0 radical (unpaired) electrons. The molecule has 1 N–H and O–H groups in total. The van der Waals surface area contributed by atoms with Gasteiger partial charge in [0.25, 0.3) is 0 Å². The fourth-order valence-corrected chi connectivity index (χ4v) is 4.32. The highest BCUT2D eigenvalue weighted by molar-refractivity contribution is 7.99. The van der Waals surface area contributed by atoms with Crippen LogP contribution in [0, 0.1) is 5.41 Å². The van der Waals surface area contributed by atoms with E-state index in [2.05, 4.69) is 24.0 Å². The molecule has 0 aliphatic heterocycles. The maximum Gasteiger partial charge on any atom is 0.00674 e. The van der Waals surface area contributed by atoms with Gasteiger partial charge in [-0.05, 0) is 68.4 Å². The van der Waals surface area contributed by atoms with Crippen molar-refractivity contribution in [1.29, 1.82) is 0 Å². The average Bonchev–Trinajstić information content (AvgIpc) is 2.80. The molecule has 2 aliphatic carbocycles. The third-order valence-corrected chi connectivity index (χ3v) is 5.80. The summed E-state index contributed by atoms with van der Waals surface area (Å²) in [4.78, 5) is 0. The molecule has 2 saturated carbocycles. The van der Waals surface area contributed by atoms with E-state index in [4.69, 9.17) is 0 Å². The maximum atomic E-state index is 3.77. The van der Waals surface area contributed by atoms with Crippen LogP contribution >= 0.6 is 11.8 Å². The summed E-state index contributed by atoms with van der Waals surface area (Å²) in [5.74, 6) is 2.60. The van der Waals surface area contributed by atoms with Crippen molar-refractivity contribution < 1.29 is 0 Å². The normalized spacial score (nSPS) is 24.5. The Labute approximate surface area is 112 Å². The summed E-state index contributed by atoms with van der Waals surface area (Å²) in [7, 11) is 0. The zero-order valence-corrected chi connectivity index (χ0v) is 12.3. The lowest BCUT2D eigenvalue weighted by Gasteiger charge is -2.37. The van der Waals surface area contributed by atoms with Gasteiger partial charge in [-0.3, -0.25) is 0 Å². The van der Waals surface area contributed by atoms with E-state index in [9.17, 15) is 0 Å². The zero-order valence-electron chi connectivity index (χ0n) is 11.5. The van der Waals surface area contributed by atoms with Gasteiger partial charge >= 0.3 is 0 Å². The van der Waals surface area contributed by atoms with Gasteiger partial charge in [-0.2, -0.15) is 11.8 Å². The van der Waals surface area contributed by atoms with E-state index >= 15 is 0 Å². The SMILES string of the molecule is CCSCCCNC1CCC2(CCCC2)CC1. The molecular weight excluding hydrogens is 226 g/mol. The van der Waals surface area contributed by atoms with Crippen molar-refractivity contribution in [3.8, 4) is 0 Å². The molecule has 2 heteroatoms. The molecule has 2 rings (SSSR count). The van der Waals surface area contributed by atoms with Crippen molar-refractivity contribution in [1.82, 2.24) is 5.32 Å². The van der Waals surface area contributed by atoms with Gasteiger partial charge in [0.15, 0.2) is 0 Å². The number of nitrogens with one attached hydrogen (secondary N) is 1. The van der Waals surface area contributed by atoms with Crippen molar-refractivity contribution in [3.63, 3.8) is 0 Å². The van der Waals surface area contributed by atoms with Crippen molar-refractivity contribution in [2.24, 2.45) is 5.41 Å². The number of thioether (sulfide) groups is 1. The van der Waals surface area contributed by atoms with Crippen LogP contribution in [0.3, 0.4) is 0 Å². The molecule has 0 bridgehead atoms. The van der Waals surface area contributed by atoms with E-state index in [1.807, 2.05) is 0 Å². The predicted molar refractivity (Wildman–Crippen MR) is 78.8 cm³/mol. The fraction of sp³-hybridized carbons (Fsp3) is 1.00. The highest BCUT2D eigenvalue weighted by Crippen LogP contribution is 2.48. The van der Waals surface area contributed by atoms with Crippen LogP contribution in [0.1, 0.15) is 64.7 Å². The first-order chi connectivity index (χ1) is 8.35. The third-order valence-electron chi connectivity index (χ3n) is 4.81. The number of rotatable bonds is 6. The number of hydrogen-bond acceptors (Lipinski definition) is 2. The van der Waals surface area contributed by atoms with E-state index in [0.29, 0.717) is 0 Å². The summed E-state index contributed by atoms with van der Waals surface area (Å²) in [5, 5.41) is 3.77. The Balaban J connectivity index is 1.56. The minimum absolute atomic E-state index is 0.802. The Bertz CT molecular complexity index is 201. The first-order valence-electron chi connectivity index (χ1n) is 7.66. The molecule has 2 fully saturated rings. The molecular formula is C15H29NS. The van der Waals surface area contributed by atoms with Gasteiger partial charge in [0.2, 0.25) is 0 Å². The zero-order chi connectivity index (χ0) is 12.0. The monoisotopic (exact) mass is 255 g/mol. The Morgan fingerprint density at radius 3 is 2.47 bits per heavy atom. The molecule has 0 saturated heterocycles. The highest BCUT2D eigenvalue weighted by Gasteiger charge is 2.37. The minimum atomic E-state index is 0.802. The summed E-state index contributed by atoms with van der Waals surface area (Å²) in [6.45, 7) is 3.49. The van der Waals surface area contributed by atoms with E-state index in [0.717, 1.165) is 11.5 Å². The lowest BCUT2D eigenvalue weighted by Crippen LogP contribution is -2.37. The van der Waals surface area contributed by atoms with Crippen LogP contribution < -0.4 is 5.32 Å². The van der Waals surface area contributed by atoms with Gasteiger partial charge in [0.1, 0.15) is 0 Å². The maximum absolute atomic E-state index is 3.77. The second kappa shape index (κ2) is 7.04. The summed E-state index contributed by atoms with van der Waals surface area (Å²) in [5.41, 5.74) is 0.802. The predicted octanol–water partition coefficient (Wildman–Crippen LogP) is 4.22. The van der Waals surface area contributed by atoms with Crippen LogP contribution in [0.5, 0.6) is 0 Å². The van der Waals surface area contributed by atoms with Crippen LogP contribution in [0.2, 0.25) is 0 Å². The van der Waals surface area contributed by atoms with Gasteiger partial charge in [-0.25, -0.2) is 0 Å². The van der Waals surface area contributed by atoms with Crippen molar-refractivity contribution in [3.05, 3.63) is 0 Å². The van der Waals surface area contributed by atoms with Crippen LogP contribution in [-0.4, -0.2) is 24.1 Å². The second-order valence-electron chi connectivity index (χ2n) is 5.99. The van der Waals surface area contributed by atoms with Crippen molar-refractivity contribution in [2.45, 2.75) is 70.8 Å². The van der Waals surface area contributed by atoms with Gasteiger partial charge < -0.3 is 5.32 Å². The molecule has 2 aliphatic rings. The topological polar surface area (TPSA) is 12.0 Å². The van der Waals surface area contributed by atoms with Crippen LogP contribution in [0.25, 0.3) is 0 Å². The Kier molecular flexibility index (Phi) is 5.68. The van der Waals surface area contributed by atoms with Crippen molar-refractivity contribution in [2.75, 3.05) is 18.1 Å². The minimum Gasteiger partial charge on any atom is -0.314 e. The summed E-state index contributed by atoms with van der Waals surface area (Å²) in [6.07, 6.45) is 13.3.